The molecule has 100 valence electrons. The maximum absolute atomic E-state index is 13.2. The predicted molar refractivity (Wildman–Crippen MR) is 52.3 cm³/mol. The number of nitrogens with one attached hydrogen (secondary N) is 1. The van der Waals surface area contributed by atoms with Crippen LogP contribution in [0.2, 0.25) is 0 Å². The van der Waals surface area contributed by atoms with Crippen LogP contribution in [-0.2, 0) is 19.9 Å². The highest BCUT2D eigenvalue weighted by Gasteiger charge is 2.65. The summed E-state index contributed by atoms with van der Waals surface area (Å²) in [7, 11) is 0.785. The van der Waals surface area contributed by atoms with Gasteiger partial charge in [0.05, 0.1) is 13.4 Å². The highest BCUT2D eigenvalue weighted by Crippen LogP contribution is 2.40. The van der Waals surface area contributed by atoms with Crippen molar-refractivity contribution in [1.29, 1.82) is 0 Å². The molecule has 0 aliphatic heterocycles. The Kier molecular flexibility index (Phi) is 3.68. The lowest BCUT2D eigenvalue weighted by atomic mass is 9.95. The molecule has 0 aliphatic carbocycles. The average Bonchev–Trinajstić information content (AvgIpc) is 2.76. The smallest absolute Gasteiger partial charge is 0.429 e. The third-order valence-electron chi connectivity index (χ3n) is 2.17. The molecule has 18 heavy (non-hydrogen) atoms. The molecule has 5 nitrogen and oxygen atoms in total. The molecule has 0 saturated carbocycles. The Hall–Kier alpha value is -1.99. The maximum atomic E-state index is 13.2. The van der Waals surface area contributed by atoms with E-state index in [2.05, 4.69) is 9.15 Å². The van der Waals surface area contributed by atoms with Gasteiger partial charge in [0.15, 0.2) is 0 Å². The second-order valence-electron chi connectivity index (χ2n) is 3.40. The maximum Gasteiger partial charge on any atom is 0.429 e. The monoisotopic (exact) mass is 265 g/mol. The number of methoxy groups -OCH3 is 1. The quantitative estimate of drug-likeness (QED) is 0.837. The number of rotatable bonds is 3. The summed E-state index contributed by atoms with van der Waals surface area (Å²) in [5.41, 5.74) is -3.34. The fourth-order valence-electron chi connectivity index (χ4n) is 1.45. The fourth-order valence-corrected chi connectivity index (χ4v) is 1.45. The van der Waals surface area contributed by atoms with E-state index in [4.69, 9.17) is 0 Å². The third kappa shape index (κ3) is 2.18. The van der Waals surface area contributed by atoms with Crippen molar-refractivity contribution in [2.24, 2.45) is 0 Å². The Morgan fingerprint density at radius 3 is 2.33 bits per heavy atom. The topological polar surface area (TPSA) is 68.5 Å². The normalized spacial score (nSPS) is 14.7. The summed E-state index contributed by atoms with van der Waals surface area (Å²) in [5, 5.41) is 1.55. The zero-order valence-electron chi connectivity index (χ0n) is 9.50. The summed E-state index contributed by atoms with van der Waals surface area (Å²) in [4.78, 5) is 22.5. The molecule has 1 heterocycles. The standard InChI is InChI=1S/C10H10F3NO4/c1-6(15)14-9(8(16)17-2,10(11,12)13)7-4-3-5-18-7/h3-5H,1-2H3,(H,14,15). The molecule has 1 atom stereocenters. The number of carbonyl (C=O) groups is 2. The lowest BCUT2D eigenvalue weighted by Gasteiger charge is -2.31. The number of hydrogen-bond donors (Lipinski definition) is 1. The van der Waals surface area contributed by atoms with Gasteiger partial charge in [-0.25, -0.2) is 4.79 Å². The number of ether oxygens (including phenoxy) is 1. The van der Waals surface area contributed by atoms with Crippen molar-refractivity contribution < 1.29 is 31.9 Å². The van der Waals surface area contributed by atoms with Gasteiger partial charge in [-0.2, -0.15) is 13.2 Å². The molecule has 0 saturated heterocycles. The first-order valence-corrected chi connectivity index (χ1v) is 4.73. The van der Waals surface area contributed by atoms with Crippen LogP contribution in [0.15, 0.2) is 22.8 Å². The first kappa shape index (κ1) is 14.1. The van der Waals surface area contributed by atoms with Gasteiger partial charge in [-0.1, -0.05) is 0 Å². The van der Waals surface area contributed by atoms with Gasteiger partial charge >= 0.3 is 12.1 Å². The summed E-state index contributed by atoms with van der Waals surface area (Å²) >= 11 is 0. The predicted octanol–water partition coefficient (Wildman–Crippen LogP) is 1.35. The lowest BCUT2D eigenvalue weighted by molar-refractivity contribution is -0.219. The van der Waals surface area contributed by atoms with Crippen LogP contribution < -0.4 is 5.32 Å². The molecule has 1 N–H and O–H groups in total. The third-order valence-corrected chi connectivity index (χ3v) is 2.17. The Morgan fingerprint density at radius 2 is 2.00 bits per heavy atom. The highest BCUT2D eigenvalue weighted by atomic mass is 19.4. The van der Waals surface area contributed by atoms with E-state index in [1.165, 1.54) is 6.07 Å². The van der Waals surface area contributed by atoms with Gasteiger partial charge in [-0.05, 0) is 12.1 Å². The number of esters is 1. The number of hydrogen-bond acceptors (Lipinski definition) is 4. The van der Waals surface area contributed by atoms with Crippen LogP contribution in [0, 0.1) is 0 Å². The van der Waals surface area contributed by atoms with Crippen LogP contribution in [0.5, 0.6) is 0 Å². The number of furan rings is 1. The minimum Gasteiger partial charge on any atom is -0.467 e. The van der Waals surface area contributed by atoms with E-state index in [1.54, 1.807) is 5.32 Å². The molecular formula is C10H10F3NO4. The van der Waals surface area contributed by atoms with E-state index < -0.39 is 29.4 Å². The van der Waals surface area contributed by atoms with E-state index in [0.717, 1.165) is 26.4 Å². The van der Waals surface area contributed by atoms with Crippen molar-refractivity contribution in [1.82, 2.24) is 5.32 Å². The Balaban J connectivity index is 3.46. The van der Waals surface area contributed by atoms with Crippen LogP contribution in [0.4, 0.5) is 13.2 Å². The number of alkyl halides is 3. The second kappa shape index (κ2) is 4.71. The van der Waals surface area contributed by atoms with E-state index in [1.807, 2.05) is 0 Å². The zero-order chi connectivity index (χ0) is 14.0. The van der Waals surface area contributed by atoms with Gasteiger partial charge in [0.2, 0.25) is 5.91 Å². The van der Waals surface area contributed by atoms with Gasteiger partial charge in [-0.15, -0.1) is 0 Å². The summed E-state index contributed by atoms with van der Waals surface area (Å²) in [6, 6.07) is 2.10. The fraction of sp³-hybridized carbons (Fsp3) is 0.400. The van der Waals surface area contributed by atoms with Crippen molar-refractivity contribution in [3.63, 3.8) is 0 Å². The molecule has 0 fully saturated rings. The van der Waals surface area contributed by atoms with Crippen LogP contribution in [0.3, 0.4) is 0 Å². The van der Waals surface area contributed by atoms with E-state index in [9.17, 15) is 22.8 Å². The van der Waals surface area contributed by atoms with Crippen molar-refractivity contribution in [2.75, 3.05) is 7.11 Å². The molecule has 1 aromatic heterocycles. The molecule has 1 rings (SSSR count). The van der Waals surface area contributed by atoms with E-state index in [0.29, 0.717) is 0 Å². The SMILES string of the molecule is COC(=O)C(NC(C)=O)(c1ccco1)C(F)(F)F. The summed E-state index contributed by atoms with van der Waals surface area (Å²) < 4.78 is 48.2. The largest absolute Gasteiger partial charge is 0.467 e. The summed E-state index contributed by atoms with van der Waals surface area (Å²) in [5.74, 6) is -3.49. The molecule has 1 amide bonds. The summed E-state index contributed by atoms with van der Waals surface area (Å²) in [6.07, 6.45) is -4.15. The number of halogens is 3. The Labute approximate surface area is 99.9 Å². The Morgan fingerprint density at radius 1 is 1.39 bits per heavy atom. The van der Waals surface area contributed by atoms with Gasteiger partial charge in [0.1, 0.15) is 5.76 Å². The number of amides is 1. The first-order valence-electron chi connectivity index (χ1n) is 4.73. The molecule has 8 heteroatoms. The molecule has 0 aliphatic rings. The van der Waals surface area contributed by atoms with Gasteiger partial charge < -0.3 is 14.5 Å². The minimum absolute atomic E-state index is 0.767. The molecule has 0 aromatic carbocycles. The van der Waals surface area contributed by atoms with Crippen LogP contribution >= 0.6 is 0 Å². The van der Waals surface area contributed by atoms with Gasteiger partial charge in [0, 0.05) is 6.92 Å². The molecule has 1 aromatic rings. The molecule has 0 radical (unpaired) electrons. The second-order valence-corrected chi connectivity index (χ2v) is 3.40. The molecule has 1 unspecified atom stereocenters. The average molecular weight is 265 g/mol. The lowest BCUT2D eigenvalue weighted by Crippen LogP contribution is -2.61. The highest BCUT2D eigenvalue weighted by molar-refractivity contribution is 5.88. The van der Waals surface area contributed by atoms with Crippen LogP contribution in [0.25, 0.3) is 0 Å². The number of carbonyl (C=O) groups excluding carboxylic acids is 2. The molecule has 0 spiro atoms. The van der Waals surface area contributed by atoms with Crippen molar-refractivity contribution >= 4 is 11.9 Å². The zero-order valence-corrected chi connectivity index (χ0v) is 9.50. The summed E-state index contributed by atoms with van der Waals surface area (Å²) in [6.45, 7) is 0.854. The van der Waals surface area contributed by atoms with Gasteiger partial charge in [0.25, 0.3) is 5.54 Å². The molecular weight excluding hydrogens is 255 g/mol. The van der Waals surface area contributed by atoms with E-state index in [-0.39, 0.29) is 0 Å². The Bertz CT molecular complexity index is 440. The van der Waals surface area contributed by atoms with E-state index >= 15 is 0 Å². The van der Waals surface area contributed by atoms with Gasteiger partial charge in [-0.3, -0.25) is 4.79 Å². The van der Waals surface area contributed by atoms with Crippen molar-refractivity contribution in [3.8, 4) is 0 Å². The van der Waals surface area contributed by atoms with Crippen LogP contribution in [-0.4, -0.2) is 25.2 Å². The molecule has 0 bridgehead atoms. The van der Waals surface area contributed by atoms with Crippen molar-refractivity contribution in [2.45, 2.75) is 18.6 Å². The van der Waals surface area contributed by atoms with Crippen LogP contribution in [0.1, 0.15) is 12.7 Å². The minimum atomic E-state index is -5.11. The van der Waals surface area contributed by atoms with Crippen molar-refractivity contribution in [3.05, 3.63) is 24.2 Å². The first-order chi connectivity index (χ1) is 8.25.